The Kier molecular flexibility index (Phi) is 5.76. The number of nitrogens with two attached hydrogens (primary N) is 1. The number of nitrogen functional groups attached to an aromatic ring is 1. The van der Waals surface area contributed by atoms with E-state index >= 15 is 0 Å². The molecular weight excluding hydrogens is 394 g/mol. The molecule has 31 heavy (non-hydrogen) atoms. The van der Waals surface area contributed by atoms with E-state index in [2.05, 4.69) is 5.32 Å². The van der Waals surface area contributed by atoms with Crippen molar-refractivity contribution in [2.45, 2.75) is 45.4 Å². The first-order chi connectivity index (χ1) is 15.0. The fourth-order valence-electron chi connectivity index (χ4n) is 4.63. The summed E-state index contributed by atoms with van der Waals surface area (Å²) in [5, 5.41) is 3.32. The van der Waals surface area contributed by atoms with Gasteiger partial charge in [-0.05, 0) is 62.8 Å². The van der Waals surface area contributed by atoms with E-state index in [4.69, 9.17) is 24.9 Å². The number of hydrogen-bond acceptors (Lipinski definition) is 7. The molecule has 2 aliphatic rings. The zero-order valence-corrected chi connectivity index (χ0v) is 18.5. The average Bonchev–Trinajstić information content (AvgIpc) is 2.78. The molecule has 0 amide bonds. The lowest BCUT2D eigenvalue weighted by Gasteiger charge is -2.33. The number of anilines is 2. The number of hydrogen-bond donors (Lipinski definition) is 2. The number of carbonyl (C=O) groups excluding carboxylic acids is 1. The van der Waals surface area contributed by atoms with Crippen LogP contribution in [0.2, 0.25) is 0 Å². The summed E-state index contributed by atoms with van der Waals surface area (Å²) in [6.07, 6.45) is 4.02. The summed E-state index contributed by atoms with van der Waals surface area (Å²) in [6, 6.07) is 5.67. The van der Waals surface area contributed by atoms with Crippen molar-refractivity contribution >= 4 is 17.5 Å². The summed E-state index contributed by atoms with van der Waals surface area (Å²) in [5.74, 6) is 1.13. The van der Waals surface area contributed by atoms with Crippen LogP contribution in [0, 0.1) is 0 Å². The van der Waals surface area contributed by atoms with Gasteiger partial charge in [-0.1, -0.05) is 6.07 Å². The van der Waals surface area contributed by atoms with Gasteiger partial charge in [0.1, 0.15) is 5.82 Å². The van der Waals surface area contributed by atoms with E-state index in [1.807, 2.05) is 25.1 Å². The number of fused-ring (bicyclic) bond motifs is 2. The molecule has 0 saturated heterocycles. The number of aromatic nitrogens is 1. The fraction of sp³-hybridized carbons (Fsp3) is 0.417. The van der Waals surface area contributed by atoms with Crippen LogP contribution in [0.1, 0.15) is 55.0 Å². The predicted molar refractivity (Wildman–Crippen MR) is 120 cm³/mol. The van der Waals surface area contributed by atoms with Crippen LogP contribution < -0.4 is 20.5 Å². The Morgan fingerprint density at radius 2 is 1.94 bits per heavy atom. The summed E-state index contributed by atoms with van der Waals surface area (Å²) < 4.78 is 16.3. The zero-order valence-electron chi connectivity index (χ0n) is 18.5. The second-order valence-electron chi connectivity index (χ2n) is 7.85. The van der Waals surface area contributed by atoms with Gasteiger partial charge in [-0.2, -0.15) is 0 Å². The Morgan fingerprint density at radius 1 is 1.19 bits per heavy atom. The van der Waals surface area contributed by atoms with Crippen molar-refractivity contribution < 1.29 is 19.0 Å². The van der Waals surface area contributed by atoms with Gasteiger partial charge in [0.15, 0.2) is 11.5 Å². The molecule has 2 aromatic rings. The van der Waals surface area contributed by atoms with Crippen LogP contribution in [0.4, 0.5) is 11.5 Å². The highest BCUT2D eigenvalue weighted by molar-refractivity contribution is 5.95. The van der Waals surface area contributed by atoms with E-state index in [1.54, 1.807) is 21.1 Å². The Hall–Kier alpha value is -3.22. The summed E-state index contributed by atoms with van der Waals surface area (Å²) >= 11 is 0. The Balaban J connectivity index is 1.96. The molecule has 0 bridgehead atoms. The summed E-state index contributed by atoms with van der Waals surface area (Å²) in [6.45, 7) is 3.97. The Bertz CT molecular complexity index is 1060. The molecule has 1 aliphatic heterocycles. The minimum atomic E-state index is -0.421. The van der Waals surface area contributed by atoms with Crippen molar-refractivity contribution in [2.24, 2.45) is 0 Å². The third kappa shape index (κ3) is 3.58. The van der Waals surface area contributed by atoms with Gasteiger partial charge < -0.3 is 25.3 Å². The molecular formula is C24H29N3O4. The average molecular weight is 424 g/mol. The minimum Gasteiger partial charge on any atom is -0.493 e. The van der Waals surface area contributed by atoms with E-state index in [1.165, 1.54) is 0 Å². The number of aryl methyl sites for hydroxylation is 1. The lowest BCUT2D eigenvalue weighted by atomic mass is 9.79. The lowest BCUT2D eigenvalue weighted by molar-refractivity contribution is -0.138. The van der Waals surface area contributed by atoms with Crippen molar-refractivity contribution in [2.75, 3.05) is 31.9 Å². The number of nitrogens with one attached hydrogen (secondary N) is 1. The van der Waals surface area contributed by atoms with E-state index in [9.17, 15) is 4.79 Å². The largest absolute Gasteiger partial charge is 0.493 e. The van der Waals surface area contributed by atoms with Gasteiger partial charge in [0.2, 0.25) is 0 Å². The molecule has 1 atom stereocenters. The van der Waals surface area contributed by atoms with E-state index in [0.717, 1.165) is 48.1 Å². The topological polar surface area (TPSA) is 95.7 Å². The van der Waals surface area contributed by atoms with Gasteiger partial charge in [-0.25, -0.2) is 9.78 Å². The third-order valence-electron chi connectivity index (χ3n) is 6.08. The highest BCUT2D eigenvalue weighted by Gasteiger charge is 2.37. The molecule has 1 aromatic heterocycles. The maximum Gasteiger partial charge on any atom is 0.336 e. The number of carbonyl (C=O) groups is 1. The van der Waals surface area contributed by atoms with Crippen LogP contribution in [0.15, 0.2) is 29.5 Å². The van der Waals surface area contributed by atoms with Crippen molar-refractivity contribution in [3.63, 3.8) is 0 Å². The Morgan fingerprint density at radius 3 is 2.65 bits per heavy atom. The van der Waals surface area contributed by atoms with Crippen LogP contribution in [0.3, 0.4) is 0 Å². The lowest BCUT2D eigenvalue weighted by Crippen LogP contribution is -2.27. The van der Waals surface area contributed by atoms with Crippen molar-refractivity contribution in [3.8, 4) is 11.5 Å². The molecule has 3 N–H and O–H groups in total. The molecule has 0 fully saturated rings. The van der Waals surface area contributed by atoms with E-state index in [0.29, 0.717) is 40.9 Å². The second-order valence-corrected chi connectivity index (χ2v) is 7.85. The molecule has 164 valence electrons. The highest BCUT2D eigenvalue weighted by atomic mass is 16.5. The molecule has 7 heteroatoms. The van der Waals surface area contributed by atoms with Crippen LogP contribution >= 0.6 is 0 Å². The minimum absolute atomic E-state index is 0.291. The maximum absolute atomic E-state index is 13.0. The molecule has 1 aromatic carbocycles. The molecule has 1 aliphatic carbocycles. The number of methoxy groups -OCH3 is 2. The summed E-state index contributed by atoms with van der Waals surface area (Å²) in [5.41, 5.74) is 12.5. The first-order valence-electron chi connectivity index (χ1n) is 10.7. The monoisotopic (exact) mass is 423 g/mol. The molecule has 0 saturated carbocycles. The van der Waals surface area contributed by atoms with Crippen molar-refractivity contribution in [1.82, 2.24) is 4.98 Å². The number of benzene rings is 1. The van der Waals surface area contributed by atoms with Crippen molar-refractivity contribution in [3.05, 3.63) is 51.9 Å². The number of rotatable bonds is 5. The van der Waals surface area contributed by atoms with Crippen molar-refractivity contribution in [1.29, 1.82) is 0 Å². The zero-order chi connectivity index (χ0) is 22.1. The molecule has 2 heterocycles. The van der Waals surface area contributed by atoms with Crippen LogP contribution in [0.25, 0.3) is 0 Å². The summed E-state index contributed by atoms with van der Waals surface area (Å²) in [4.78, 5) is 18.0. The van der Waals surface area contributed by atoms with Gasteiger partial charge in [-0.3, -0.25) is 0 Å². The van der Waals surface area contributed by atoms with Crippen LogP contribution in [0.5, 0.6) is 11.5 Å². The molecule has 7 nitrogen and oxygen atoms in total. The van der Waals surface area contributed by atoms with E-state index in [-0.39, 0.29) is 5.97 Å². The molecule has 0 radical (unpaired) electrons. The number of nitrogens with zero attached hydrogens (tertiary/aromatic N) is 1. The SMILES string of the molecule is CCOC(=O)C1=C(C)Nc2nc3c(c(N)c2[C@H]1c1ccc(OC)c(OC)c1)CCCC3. The second kappa shape index (κ2) is 8.49. The number of pyridine rings is 1. The number of esters is 1. The first-order valence-corrected chi connectivity index (χ1v) is 10.7. The number of allylic oxidation sites excluding steroid dienone is 1. The highest BCUT2D eigenvalue weighted by Crippen LogP contribution is 2.47. The standard InChI is InChI=1S/C24H29N3O4/c1-5-31-24(28)19-13(2)26-23-21(22(25)15-8-6-7-9-16(15)27-23)20(19)14-10-11-17(29-3)18(12-14)30-4/h10-12,20H,5-9H2,1-4H3,(H3,25,26,27)/t20-/m0/s1. The predicted octanol–water partition coefficient (Wildman–Crippen LogP) is 3.95. The van der Waals surface area contributed by atoms with Gasteiger partial charge in [0.25, 0.3) is 0 Å². The van der Waals surface area contributed by atoms with Gasteiger partial charge in [-0.15, -0.1) is 0 Å². The molecule has 0 spiro atoms. The fourth-order valence-corrected chi connectivity index (χ4v) is 4.63. The molecule has 4 rings (SSSR count). The van der Waals surface area contributed by atoms with Gasteiger partial charge >= 0.3 is 5.97 Å². The maximum atomic E-state index is 13.0. The smallest absolute Gasteiger partial charge is 0.336 e. The van der Waals surface area contributed by atoms with Gasteiger partial charge in [0.05, 0.1) is 26.4 Å². The number of ether oxygens (including phenoxy) is 3. The normalized spacial score (nSPS) is 17.4. The first kappa shape index (κ1) is 21.0. The molecule has 0 unspecified atom stereocenters. The third-order valence-corrected chi connectivity index (χ3v) is 6.08. The van der Waals surface area contributed by atoms with Crippen LogP contribution in [-0.4, -0.2) is 31.8 Å². The Labute approximate surface area is 182 Å². The quantitative estimate of drug-likeness (QED) is 0.703. The van der Waals surface area contributed by atoms with Crippen LogP contribution in [-0.2, 0) is 22.4 Å². The summed E-state index contributed by atoms with van der Waals surface area (Å²) in [7, 11) is 3.19. The van der Waals surface area contributed by atoms with Gasteiger partial charge in [0, 0.05) is 28.6 Å². The van der Waals surface area contributed by atoms with E-state index < -0.39 is 5.92 Å².